The molecule has 112 heavy (non-hydrogen) atoms. The normalized spacial score (nSPS) is 12.0. The number of fused-ring (bicyclic) bond motifs is 8. The van der Waals surface area contributed by atoms with Crippen molar-refractivity contribution in [2.45, 2.75) is 144 Å². The Morgan fingerprint density at radius 2 is 0.411 bits per heavy atom. The molecule has 8 aromatic rings. The Morgan fingerprint density at radius 1 is 0.250 bits per heavy atom. The van der Waals surface area contributed by atoms with E-state index >= 15 is 0 Å². The van der Waals surface area contributed by atoms with E-state index in [0.717, 1.165) is 22.3 Å². The molecule has 8 bridgehead atoms. The minimum atomic E-state index is -0.524. The lowest BCUT2D eigenvalue weighted by Gasteiger charge is -2.28. The van der Waals surface area contributed by atoms with Crippen LogP contribution in [-0.2, 0) is 40.8 Å². The monoisotopic (exact) mass is 1600 g/mol. The highest BCUT2D eigenvalue weighted by Gasteiger charge is 2.32. The second kappa shape index (κ2) is 40.0. The molecule has 0 aromatic heterocycles. The van der Waals surface area contributed by atoms with Crippen molar-refractivity contribution >= 4 is 118 Å². The summed E-state index contributed by atoms with van der Waals surface area (Å²) in [7, 11) is 0. The van der Waals surface area contributed by atoms with Gasteiger partial charge in [-0.3, -0.25) is 19.2 Å². The summed E-state index contributed by atoms with van der Waals surface area (Å²) >= 11 is 5.25. The van der Waals surface area contributed by atoms with Gasteiger partial charge in [0, 0.05) is 75.1 Å². The molecule has 0 fully saturated rings. The van der Waals surface area contributed by atoms with Gasteiger partial charge in [-0.2, -0.15) is 0 Å². The van der Waals surface area contributed by atoms with E-state index < -0.39 is 95.8 Å². The molecule has 9 rings (SSSR count). The summed E-state index contributed by atoms with van der Waals surface area (Å²) in [6.45, 7) is 23.8. The maximum absolute atomic E-state index is 14.3. The van der Waals surface area contributed by atoms with Crippen LogP contribution in [0, 0.1) is 0 Å². The van der Waals surface area contributed by atoms with Crippen molar-refractivity contribution in [2.24, 2.45) is 0 Å². The second-order valence-electron chi connectivity index (χ2n) is 30.2. The number of hydrogen-bond donors (Lipinski definition) is 12. The average molecular weight is 1600 g/mol. The molecule has 0 unspecified atom stereocenters. The van der Waals surface area contributed by atoms with Crippen LogP contribution in [0.25, 0.3) is 0 Å². The van der Waals surface area contributed by atoms with Gasteiger partial charge < -0.3 is 82.7 Å². The first kappa shape index (κ1) is 85.3. The molecule has 8 aromatic carbocycles. The standard InChI is InChI=1S/C84H100N12O12S4/c1-81(2,3)53-41-61-73(105-49-69(97)85-33-37-89-77(101)93-57-25-17-13-18-26-57)62(42-53)110-64-44-55(83(7,8)9)46-66(75(64)107-51-71(99)87-35-39-91-79(103)95-59-29-21-15-22-30-59)112-68-48-56(84(10,11)12)47-67(76(68)108-52-72(100)88-36-40-92-80(104)96-60-31-23-16-24-32-60)111-65-45-54(82(4,5)6)43-63(109-61)74(65)106-50-70(98)86-34-38-90-78(102)94-58-27-19-14-20-28-58/h13-32,41-48H,33-40,49-52H2,1-12H3,(H,85,97)(H,86,98)(H,87,99)(H,88,100)(H2,89,93,101)(H2,90,94,102)(H2,91,95,103)(H2,92,96,104). The third-order valence-corrected chi connectivity index (χ3v) is 21.1. The maximum Gasteiger partial charge on any atom is 0.319 e. The molecule has 1 aliphatic rings. The van der Waals surface area contributed by atoms with E-state index in [1.165, 1.54) is 47.0 Å². The maximum atomic E-state index is 14.3. The summed E-state index contributed by atoms with van der Waals surface area (Å²) in [6, 6.07) is 50.3. The number of urea groups is 4. The van der Waals surface area contributed by atoms with Crippen molar-refractivity contribution in [3.05, 3.63) is 192 Å². The van der Waals surface area contributed by atoms with Gasteiger partial charge in [0.15, 0.2) is 26.4 Å². The van der Waals surface area contributed by atoms with Gasteiger partial charge in [-0.1, -0.05) is 203 Å². The Balaban J connectivity index is 1.17. The van der Waals surface area contributed by atoms with Crippen LogP contribution in [0.4, 0.5) is 41.9 Å². The van der Waals surface area contributed by atoms with E-state index in [1.54, 1.807) is 97.1 Å². The lowest BCUT2D eigenvalue weighted by molar-refractivity contribution is -0.123. The number of benzene rings is 8. The molecular weight excluding hydrogens is 1500 g/mol. The predicted molar refractivity (Wildman–Crippen MR) is 445 cm³/mol. The third-order valence-electron chi connectivity index (χ3n) is 16.9. The molecule has 0 radical (unpaired) electrons. The van der Waals surface area contributed by atoms with Gasteiger partial charge in [-0.05, 0) is 141 Å². The highest BCUT2D eigenvalue weighted by atomic mass is 32.2. The smallest absolute Gasteiger partial charge is 0.319 e. The molecule has 0 spiro atoms. The number of hydrogen-bond acceptors (Lipinski definition) is 16. The van der Waals surface area contributed by atoms with Crippen LogP contribution in [0.15, 0.2) is 209 Å². The molecule has 0 saturated heterocycles. The Bertz CT molecular complexity index is 3940. The zero-order valence-corrected chi connectivity index (χ0v) is 68.4. The molecular formula is C84H100N12O12S4. The van der Waals surface area contributed by atoms with Crippen LogP contribution in [0.5, 0.6) is 23.0 Å². The van der Waals surface area contributed by atoms with Crippen molar-refractivity contribution in [1.29, 1.82) is 0 Å². The SMILES string of the molecule is CC(C)(C)c1cc2c(OCC(=O)NCCNC(=O)Nc3ccccc3)c(c1)Sc1cc(C(C)(C)C)cc(c1OCC(=O)NCCNC(=O)Nc1ccccc1)Sc1cc(C(C)(C)C)cc(c1OCC(=O)NCCNC(=O)Nc1ccccc1)Sc1cc(C(C)(C)C)cc(c1OCC(=O)NCCNC(=O)Nc1ccccc1)S2. The van der Waals surface area contributed by atoms with Crippen molar-refractivity contribution in [3.8, 4) is 23.0 Å². The molecule has 24 nitrogen and oxygen atoms in total. The van der Waals surface area contributed by atoms with Crippen LogP contribution in [0.1, 0.15) is 105 Å². The molecule has 0 saturated carbocycles. The third kappa shape index (κ3) is 26.8. The van der Waals surface area contributed by atoms with Gasteiger partial charge in [0.05, 0.1) is 39.2 Å². The van der Waals surface area contributed by atoms with Crippen LogP contribution >= 0.6 is 47.0 Å². The Morgan fingerprint density at radius 3 is 0.571 bits per heavy atom. The van der Waals surface area contributed by atoms with Gasteiger partial charge in [0.25, 0.3) is 23.6 Å². The van der Waals surface area contributed by atoms with Crippen LogP contribution in [0.3, 0.4) is 0 Å². The van der Waals surface area contributed by atoms with Gasteiger partial charge in [-0.25, -0.2) is 19.2 Å². The van der Waals surface area contributed by atoms with E-state index in [4.69, 9.17) is 18.9 Å². The molecule has 0 aliphatic carbocycles. The number of carbonyl (C=O) groups excluding carboxylic acids is 8. The quantitative estimate of drug-likeness (QED) is 0.0203. The van der Waals surface area contributed by atoms with E-state index in [1.807, 2.05) is 72.8 Å². The highest BCUT2D eigenvalue weighted by Crippen LogP contribution is 2.56. The van der Waals surface area contributed by atoms with Crippen molar-refractivity contribution in [2.75, 3.05) is 100 Å². The van der Waals surface area contributed by atoms with Crippen molar-refractivity contribution in [1.82, 2.24) is 42.5 Å². The molecule has 1 aliphatic heterocycles. The van der Waals surface area contributed by atoms with Gasteiger partial charge >= 0.3 is 24.1 Å². The lowest BCUT2D eigenvalue weighted by atomic mass is 9.87. The second-order valence-corrected chi connectivity index (χ2v) is 34.5. The van der Waals surface area contributed by atoms with E-state index in [-0.39, 0.29) is 52.4 Å². The fraction of sp³-hybridized carbons (Fsp3) is 0.333. The molecule has 12 amide bonds. The summed E-state index contributed by atoms with van der Waals surface area (Å²) in [5, 5.41) is 33.9. The first-order chi connectivity index (χ1) is 53.3. The largest absolute Gasteiger partial charge is 0.481 e. The van der Waals surface area contributed by atoms with Crippen LogP contribution in [-0.4, -0.2) is 127 Å². The van der Waals surface area contributed by atoms with Gasteiger partial charge in [0.1, 0.15) is 23.0 Å². The summed E-state index contributed by atoms with van der Waals surface area (Å²) < 4.78 is 27.7. The number of rotatable bonds is 28. The zero-order chi connectivity index (χ0) is 80.6. The first-order valence-electron chi connectivity index (χ1n) is 36.7. The molecule has 0 atom stereocenters. The van der Waals surface area contributed by atoms with Crippen molar-refractivity contribution < 1.29 is 57.3 Å². The minimum absolute atomic E-state index is 0.0631. The highest BCUT2D eigenvalue weighted by molar-refractivity contribution is 8.01. The van der Waals surface area contributed by atoms with Crippen LogP contribution in [0.2, 0.25) is 0 Å². The summed E-state index contributed by atoms with van der Waals surface area (Å²) in [6.07, 6.45) is 0. The topological polar surface area (TPSA) is 318 Å². The predicted octanol–water partition coefficient (Wildman–Crippen LogP) is 15.1. The Kier molecular flexibility index (Phi) is 30.5. The summed E-state index contributed by atoms with van der Waals surface area (Å²) in [5.41, 5.74) is 3.81. The number of para-hydroxylation sites is 4. The molecule has 28 heteroatoms. The Hall–Kier alpha value is -10.7. The summed E-state index contributed by atoms with van der Waals surface area (Å²) in [4.78, 5) is 113. The van der Waals surface area contributed by atoms with Gasteiger partial charge in [-0.15, -0.1) is 0 Å². The fourth-order valence-electron chi connectivity index (χ4n) is 10.7. The molecule has 12 N–H and O–H groups in total. The van der Waals surface area contributed by atoms with Crippen molar-refractivity contribution in [3.63, 3.8) is 0 Å². The van der Waals surface area contributed by atoms with Gasteiger partial charge in [0.2, 0.25) is 0 Å². The number of amides is 12. The average Bonchev–Trinajstić information content (AvgIpc) is 0.758. The van der Waals surface area contributed by atoms with Crippen LogP contribution < -0.4 is 82.7 Å². The number of nitrogens with one attached hydrogen (secondary N) is 12. The lowest BCUT2D eigenvalue weighted by Crippen LogP contribution is -2.38. The number of carbonyl (C=O) groups is 8. The van der Waals surface area contributed by atoms with E-state index in [2.05, 4.69) is 147 Å². The number of ether oxygens (including phenoxy) is 4. The molecule has 592 valence electrons. The van der Waals surface area contributed by atoms with E-state index in [9.17, 15) is 38.4 Å². The zero-order valence-electron chi connectivity index (χ0n) is 65.2. The number of anilines is 4. The molecule has 1 heterocycles. The first-order valence-corrected chi connectivity index (χ1v) is 40.0. The van der Waals surface area contributed by atoms with E-state index in [0.29, 0.717) is 84.9 Å². The Labute approximate surface area is 672 Å². The minimum Gasteiger partial charge on any atom is -0.481 e. The fourth-order valence-corrected chi connectivity index (χ4v) is 15.5. The summed E-state index contributed by atoms with van der Waals surface area (Å²) in [5.74, 6) is -0.746.